The lowest BCUT2D eigenvalue weighted by Crippen LogP contribution is -2.16. The normalized spacial score (nSPS) is 17.0. The Kier molecular flexibility index (Phi) is 8.33. The van der Waals surface area contributed by atoms with Crippen molar-refractivity contribution in [1.82, 2.24) is 0 Å². The molecule has 1 aliphatic carbocycles. The second kappa shape index (κ2) is 9.64. The van der Waals surface area contributed by atoms with Crippen LogP contribution >= 0.6 is 0 Å². The van der Waals surface area contributed by atoms with Crippen LogP contribution in [0, 0.1) is 5.92 Å². The predicted octanol–water partition coefficient (Wildman–Crippen LogP) is 4.12. The third kappa shape index (κ3) is 7.54. The molecule has 0 spiro atoms. The van der Waals surface area contributed by atoms with Crippen molar-refractivity contribution in [3.05, 3.63) is 0 Å². The van der Waals surface area contributed by atoms with Gasteiger partial charge >= 0.3 is 0 Å². The van der Waals surface area contributed by atoms with E-state index in [0.29, 0.717) is 12.5 Å². The molecule has 1 unspecified atom stereocenters. The number of unbranched alkanes of at least 4 members (excludes halogenated alkanes) is 5. The number of hydrogen-bond acceptors (Lipinski definition) is 2. The highest BCUT2D eigenvalue weighted by Crippen LogP contribution is 2.36. The molecule has 0 aromatic heterocycles. The van der Waals surface area contributed by atoms with Gasteiger partial charge in [0.05, 0.1) is 6.10 Å². The fourth-order valence-corrected chi connectivity index (χ4v) is 2.27. The van der Waals surface area contributed by atoms with Crippen molar-refractivity contribution in [2.24, 2.45) is 5.92 Å². The third-order valence-corrected chi connectivity index (χ3v) is 3.55. The van der Waals surface area contributed by atoms with Crippen molar-refractivity contribution in [2.75, 3.05) is 6.61 Å². The molecule has 0 amide bonds. The number of ether oxygens (including phenoxy) is 1. The Labute approximate surface area is 106 Å². The minimum Gasteiger partial charge on any atom is -0.378 e. The van der Waals surface area contributed by atoms with Crippen LogP contribution in [-0.2, 0) is 9.53 Å². The first-order valence-corrected chi connectivity index (χ1v) is 7.43. The zero-order valence-electron chi connectivity index (χ0n) is 11.3. The minimum atomic E-state index is 0.371. The Hall–Kier alpha value is -0.370. The van der Waals surface area contributed by atoms with Gasteiger partial charge in [0.1, 0.15) is 6.29 Å². The van der Waals surface area contributed by atoms with Gasteiger partial charge in [0.15, 0.2) is 0 Å². The largest absolute Gasteiger partial charge is 0.378 e. The molecule has 0 aromatic carbocycles. The SMILES string of the molecule is CCCCCCCCOC(CCC=O)C1CC1. The van der Waals surface area contributed by atoms with Crippen molar-refractivity contribution in [1.29, 1.82) is 0 Å². The summed E-state index contributed by atoms with van der Waals surface area (Å²) in [6, 6.07) is 0. The van der Waals surface area contributed by atoms with Crippen molar-refractivity contribution in [3.63, 3.8) is 0 Å². The first kappa shape index (κ1) is 14.7. The van der Waals surface area contributed by atoms with Gasteiger partial charge in [-0.3, -0.25) is 0 Å². The average Bonchev–Trinajstić information content (AvgIpc) is 3.16. The first-order chi connectivity index (χ1) is 8.38. The first-order valence-electron chi connectivity index (χ1n) is 7.43. The smallest absolute Gasteiger partial charge is 0.120 e. The van der Waals surface area contributed by atoms with E-state index in [1.165, 1.54) is 51.4 Å². The topological polar surface area (TPSA) is 26.3 Å². The van der Waals surface area contributed by atoms with E-state index in [1.54, 1.807) is 0 Å². The van der Waals surface area contributed by atoms with Crippen LogP contribution in [0.4, 0.5) is 0 Å². The van der Waals surface area contributed by atoms with E-state index in [9.17, 15) is 4.79 Å². The zero-order valence-corrected chi connectivity index (χ0v) is 11.3. The summed E-state index contributed by atoms with van der Waals surface area (Å²) in [5.74, 6) is 0.759. The highest BCUT2D eigenvalue weighted by atomic mass is 16.5. The Balaban J connectivity index is 1.93. The van der Waals surface area contributed by atoms with Crippen LogP contribution in [0.5, 0.6) is 0 Å². The molecular formula is C15H28O2. The van der Waals surface area contributed by atoms with E-state index in [-0.39, 0.29) is 0 Å². The average molecular weight is 240 g/mol. The molecule has 1 rings (SSSR count). The second-order valence-corrected chi connectivity index (χ2v) is 5.26. The highest BCUT2D eigenvalue weighted by molar-refractivity contribution is 5.49. The quantitative estimate of drug-likeness (QED) is 0.379. The summed E-state index contributed by atoms with van der Waals surface area (Å²) in [7, 11) is 0. The summed E-state index contributed by atoms with van der Waals surface area (Å²) < 4.78 is 5.92. The summed E-state index contributed by atoms with van der Waals surface area (Å²) in [5, 5.41) is 0. The summed E-state index contributed by atoms with van der Waals surface area (Å²) in [4.78, 5) is 10.4. The number of carbonyl (C=O) groups is 1. The van der Waals surface area contributed by atoms with Crippen LogP contribution in [0.1, 0.15) is 71.1 Å². The molecule has 17 heavy (non-hydrogen) atoms. The van der Waals surface area contributed by atoms with Gasteiger partial charge in [-0.25, -0.2) is 0 Å². The molecule has 0 aromatic rings. The maximum atomic E-state index is 10.4. The molecule has 0 bridgehead atoms. The molecule has 1 atom stereocenters. The standard InChI is InChI=1S/C15H28O2/c1-2-3-4-5-6-7-13-17-15(9-8-12-16)14-10-11-14/h12,14-15H,2-11,13H2,1H3. The zero-order chi connectivity index (χ0) is 12.3. The molecule has 0 saturated heterocycles. The molecule has 0 N–H and O–H groups in total. The fourth-order valence-electron chi connectivity index (χ4n) is 2.27. The lowest BCUT2D eigenvalue weighted by Gasteiger charge is -2.16. The number of aldehydes is 1. The van der Waals surface area contributed by atoms with Crippen molar-refractivity contribution in [2.45, 2.75) is 77.2 Å². The van der Waals surface area contributed by atoms with E-state index in [4.69, 9.17) is 4.74 Å². The summed E-state index contributed by atoms with van der Waals surface area (Å²) in [6.07, 6.45) is 13.5. The van der Waals surface area contributed by atoms with E-state index < -0.39 is 0 Å². The van der Waals surface area contributed by atoms with Gasteiger partial charge < -0.3 is 9.53 Å². The van der Waals surface area contributed by atoms with Crippen LogP contribution in [0.2, 0.25) is 0 Å². The minimum absolute atomic E-state index is 0.371. The molecule has 0 heterocycles. The third-order valence-electron chi connectivity index (χ3n) is 3.55. The number of rotatable bonds is 12. The molecule has 2 heteroatoms. The van der Waals surface area contributed by atoms with Crippen molar-refractivity contribution in [3.8, 4) is 0 Å². The maximum Gasteiger partial charge on any atom is 0.120 e. The molecule has 1 aliphatic rings. The Morgan fingerprint density at radius 3 is 2.53 bits per heavy atom. The number of hydrogen-bond donors (Lipinski definition) is 0. The van der Waals surface area contributed by atoms with Crippen LogP contribution in [0.25, 0.3) is 0 Å². The Morgan fingerprint density at radius 2 is 1.88 bits per heavy atom. The molecule has 1 saturated carbocycles. The van der Waals surface area contributed by atoms with Gasteiger partial charge in [-0.05, 0) is 31.6 Å². The van der Waals surface area contributed by atoms with Gasteiger partial charge in [-0.1, -0.05) is 39.0 Å². The Morgan fingerprint density at radius 1 is 1.18 bits per heavy atom. The molecule has 1 fully saturated rings. The van der Waals surface area contributed by atoms with Gasteiger partial charge in [0, 0.05) is 13.0 Å². The lowest BCUT2D eigenvalue weighted by molar-refractivity contribution is -0.108. The summed E-state index contributed by atoms with van der Waals surface area (Å²) in [6.45, 7) is 3.14. The molecule has 2 nitrogen and oxygen atoms in total. The van der Waals surface area contributed by atoms with Crippen LogP contribution in [-0.4, -0.2) is 19.0 Å². The lowest BCUT2D eigenvalue weighted by atomic mass is 10.1. The van der Waals surface area contributed by atoms with Gasteiger partial charge in [-0.15, -0.1) is 0 Å². The van der Waals surface area contributed by atoms with E-state index in [0.717, 1.165) is 25.2 Å². The van der Waals surface area contributed by atoms with Gasteiger partial charge in [-0.2, -0.15) is 0 Å². The van der Waals surface area contributed by atoms with Gasteiger partial charge in [0.2, 0.25) is 0 Å². The molecular weight excluding hydrogens is 212 g/mol. The van der Waals surface area contributed by atoms with Crippen molar-refractivity contribution < 1.29 is 9.53 Å². The van der Waals surface area contributed by atoms with E-state index in [2.05, 4.69) is 6.92 Å². The maximum absolute atomic E-state index is 10.4. The number of carbonyl (C=O) groups excluding carboxylic acids is 1. The van der Waals surface area contributed by atoms with Crippen LogP contribution < -0.4 is 0 Å². The van der Waals surface area contributed by atoms with Crippen molar-refractivity contribution >= 4 is 6.29 Å². The fraction of sp³-hybridized carbons (Fsp3) is 0.933. The highest BCUT2D eigenvalue weighted by Gasteiger charge is 2.31. The van der Waals surface area contributed by atoms with E-state index in [1.807, 2.05) is 0 Å². The van der Waals surface area contributed by atoms with Crippen LogP contribution in [0.3, 0.4) is 0 Å². The van der Waals surface area contributed by atoms with E-state index >= 15 is 0 Å². The summed E-state index contributed by atoms with van der Waals surface area (Å²) in [5.41, 5.74) is 0. The predicted molar refractivity (Wildman–Crippen MR) is 71.1 cm³/mol. The molecule has 100 valence electrons. The summed E-state index contributed by atoms with van der Waals surface area (Å²) >= 11 is 0. The molecule has 0 aliphatic heterocycles. The van der Waals surface area contributed by atoms with Crippen LogP contribution in [0.15, 0.2) is 0 Å². The Bertz CT molecular complexity index is 187. The second-order valence-electron chi connectivity index (χ2n) is 5.26. The van der Waals surface area contributed by atoms with Gasteiger partial charge in [0.25, 0.3) is 0 Å². The molecule has 0 radical (unpaired) electrons. The monoisotopic (exact) mass is 240 g/mol.